The average Bonchev–Trinajstić information content (AvgIpc) is 2.60. The summed E-state index contributed by atoms with van der Waals surface area (Å²) in [7, 11) is 0. The van der Waals surface area contributed by atoms with E-state index in [2.05, 4.69) is 56.1 Å². The van der Waals surface area contributed by atoms with Gasteiger partial charge in [0.2, 0.25) is 0 Å². The Morgan fingerprint density at radius 2 is 1.42 bits per heavy atom. The minimum atomic E-state index is 0.151. The Morgan fingerprint density at radius 1 is 0.846 bits per heavy atom. The fourth-order valence-corrected chi connectivity index (χ4v) is 6.76. The molecule has 0 spiro atoms. The van der Waals surface area contributed by atoms with E-state index in [-0.39, 0.29) is 5.41 Å². The van der Waals surface area contributed by atoms with E-state index in [0.29, 0.717) is 5.41 Å². The maximum Gasteiger partial charge on any atom is 0.0273 e. The zero-order valence-electron chi connectivity index (χ0n) is 16.5. The Labute approximate surface area is 158 Å². The first-order chi connectivity index (χ1) is 12.4. The molecule has 0 N–H and O–H groups in total. The predicted molar refractivity (Wildman–Crippen MR) is 108 cm³/mol. The molecule has 4 fully saturated rings. The SMILES string of the molecule is CC(C)(C)c1ccc(C23CC4CC(CC(C4)C2)C3)cc1-c1ccncc1. The summed E-state index contributed by atoms with van der Waals surface area (Å²) in [5.41, 5.74) is 6.43. The fourth-order valence-electron chi connectivity index (χ4n) is 6.76. The van der Waals surface area contributed by atoms with E-state index in [9.17, 15) is 0 Å². The lowest BCUT2D eigenvalue weighted by molar-refractivity contribution is -0.00518. The molecule has 1 heteroatoms. The first-order valence-corrected chi connectivity index (χ1v) is 10.5. The van der Waals surface area contributed by atoms with Gasteiger partial charge >= 0.3 is 0 Å². The highest BCUT2D eigenvalue weighted by molar-refractivity contribution is 5.69. The molecule has 6 rings (SSSR count). The van der Waals surface area contributed by atoms with Crippen LogP contribution in [0.25, 0.3) is 11.1 Å². The average molecular weight is 346 g/mol. The number of aromatic nitrogens is 1. The van der Waals surface area contributed by atoms with Crippen LogP contribution in [0, 0.1) is 17.8 Å². The first kappa shape index (κ1) is 16.5. The second-order valence-electron chi connectivity index (χ2n) is 10.4. The van der Waals surface area contributed by atoms with Gasteiger partial charge in [0.15, 0.2) is 0 Å². The van der Waals surface area contributed by atoms with Crippen LogP contribution in [-0.4, -0.2) is 4.98 Å². The number of pyridine rings is 1. The molecule has 4 aliphatic carbocycles. The summed E-state index contributed by atoms with van der Waals surface area (Å²) in [4.78, 5) is 4.24. The molecule has 0 radical (unpaired) electrons. The molecule has 0 amide bonds. The highest BCUT2D eigenvalue weighted by atomic mass is 14.6. The summed E-state index contributed by atoms with van der Waals surface area (Å²) in [6.07, 6.45) is 12.7. The van der Waals surface area contributed by atoms with Crippen LogP contribution < -0.4 is 0 Å². The second-order valence-corrected chi connectivity index (χ2v) is 10.4. The molecule has 0 atom stereocenters. The van der Waals surface area contributed by atoms with E-state index in [1.165, 1.54) is 55.2 Å². The normalized spacial score (nSPS) is 32.8. The van der Waals surface area contributed by atoms with Gasteiger partial charge in [0.1, 0.15) is 0 Å². The third-order valence-corrected chi connectivity index (χ3v) is 7.47. The molecule has 4 aliphatic rings. The highest BCUT2D eigenvalue weighted by Gasteiger charge is 2.51. The third-order valence-electron chi connectivity index (χ3n) is 7.47. The van der Waals surface area contributed by atoms with Crippen molar-refractivity contribution in [1.82, 2.24) is 4.98 Å². The van der Waals surface area contributed by atoms with Crippen LogP contribution in [0.4, 0.5) is 0 Å². The first-order valence-electron chi connectivity index (χ1n) is 10.5. The minimum absolute atomic E-state index is 0.151. The number of hydrogen-bond donors (Lipinski definition) is 0. The molecule has 0 saturated heterocycles. The Morgan fingerprint density at radius 3 is 1.96 bits per heavy atom. The van der Waals surface area contributed by atoms with Crippen LogP contribution in [0.2, 0.25) is 0 Å². The van der Waals surface area contributed by atoms with Crippen molar-refractivity contribution in [2.75, 3.05) is 0 Å². The van der Waals surface area contributed by atoms with Crippen molar-refractivity contribution < 1.29 is 0 Å². The Bertz CT molecular complexity index is 777. The summed E-state index contributed by atoms with van der Waals surface area (Å²) < 4.78 is 0. The number of nitrogens with zero attached hydrogens (tertiary/aromatic N) is 1. The van der Waals surface area contributed by atoms with E-state index in [4.69, 9.17) is 0 Å². The van der Waals surface area contributed by atoms with Crippen LogP contribution in [0.5, 0.6) is 0 Å². The molecular formula is C25H31N. The van der Waals surface area contributed by atoms with Crippen LogP contribution in [-0.2, 0) is 10.8 Å². The number of benzene rings is 1. The van der Waals surface area contributed by atoms with Gasteiger partial charge in [-0.25, -0.2) is 0 Å². The van der Waals surface area contributed by atoms with Gasteiger partial charge in [0.05, 0.1) is 0 Å². The van der Waals surface area contributed by atoms with Crippen molar-refractivity contribution in [3.05, 3.63) is 53.9 Å². The molecule has 4 bridgehead atoms. The maximum absolute atomic E-state index is 4.24. The van der Waals surface area contributed by atoms with Gasteiger partial charge in [-0.15, -0.1) is 0 Å². The van der Waals surface area contributed by atoms with Crippen molar-refractivity contribution in [2.45, 2.75) is 70.1 Å². The second kappa shape index (κ2) is 5.68. The predicted octanol–water partition coefficient (Wildman–Crippen LogP) is 6.51. The lowest BCUT2D eigenvalue weighted by atomic mass is 9.48. The zero-order valence-corrected chi connectivity index (χ0v) is 16.5. The van der Waals surface area contributed by atoms with E-state index < -0.39 is 0 Å². The molecule has 26 heavy (non-hydrogen) atoms. The van der Waals surface area contributed by atoms with Gasteiger partial charge < -0.3 is 0 Å². The maximum atomic E-state index is 4.24. The van der Waals surface area contributed by atoms with Crippen molar-refractivity contribution >= 4 is 0 Å². The molecule has 1 aromatic heterocycles. The smallest absolute Gasteiger partial charge is 0.0273 e. The number of rotatable bonds is 2. The van der Waals surface area contributed by atoms with Gasteiger partial charge in [0, 0.05) is 12.4 Å². The van der Waals surface area contributed by atoms with Crippen molar-refractivity contribution in [3.63, 3.8) is 0 Å². The summed E-state index contributed by atoms with van der Waals surface area (Å²) in [6.45, 7) is 6.99. The lowest BCUT2D eigenvalue weighted by Gasteiger charge is -2.57. The molecule has 2 aromatic rings. The summed E-state index contributed by atoms with van der Waals surface area (Å²) in [5, 5.41) is 0. The molecule has 0 aliphatic heterocycles. The van der Waals surface area contributed by atoms with Gasteiger partial charge in [-0.3, -0.25) is 4.98 Å². The Hall–Kier alpha value is -1.63. The van der Waals surface area contributed by atoms with Crippen LogP contribution >= 0.6 is 0 Å². The highest BCUT2D eigenvalue weighted by Crippen LogP contribution is 2.61. The van der Waals surface area contributed by atoms with Crippen molar-refractivity contribution in [3.8, 4) is 11.1 Å². The van der Waals surface area contributed by atoms with Gasteiger partial charge in [-0.05, 0) is 101 Å². The molecule has 4 saturated carbocycles. The Kier molecular flexibility index (Phi) is 3.61. The van der Waals surface area contributed by atoms with Crippen LogP contribution in [0.3, 0.4) is 0 Å². The lowest BCUT2D eigenvalue weighted by Crippen LogP contribution is -2.48. The molecular weight excluding hydrogens is 314 g/mol. The monoisotopic (exact) mass is 345 g/mol. The molecule has 0 unspecified atom stereocenters. The van der Waals surface area contributed by atoms with E-state index in [0.717, 1.165) is 17.8 Å². The van der Waals surface area contributed by atoms with Crippen LogP contribution in [0.15, 0.2) is 42.7 Å². The van der Waals surface area contributed by atoms with E-state index in [1.54, 1.807) is 5.56 Å². The topological polar surface area (TPSA) is 12.9 Å². The third kappa shape index (κ3) is 2.63. The largest absolute Gasteiger partial charge is 0.265 e. The fraction of sp³-hybridized carbons (Fsp3) is 0.560. The van der Waals surface area contributed by atoms with Gasteiger partial charge in [0.25, 0.3) is 0 Å². The summed E-state index contributed by atoms with van der Waals surface area (Å²) in [6, 6.07) is 11.8. The van der Waals surface area contributed by atoms with Gasteiger partial charge in [-0.2, -0.15) is 0 Å². The summed E-state index contributed by atoms with van der Waals surface area (Å²) >= 11 is 0. The molecule has 136 valence electrons. The van der Waals surface area contributed by atoms with Crippen molar-refractivity contribution in [2.24, 2.45) is 17.8 Å². The zero-order chi connectivity index (χ0) is 17.9. The van der Waals surface area contributed by atoms with Crippen LogP contribution in [0.1, 0.15) is 70.4 Å². The quantitative estimate of drug-likeness (QED) is 0.604. The number of hydrogen-bond acceptors (Lipinski definition) is 1. The van der Waals surface area contributed by atoms with Crippen molar-refractivity contribution in [1.29, 1.82) is 0 Å². The molecule has 1 nitrogen and oxygen atoms in total. The Balaban J connectivity index is 1.63. The standard InChI is InChI=1S/C25H31N/c1-24(2,3)23-5-4-21(13-22(23)20-6-8-26-9-7-20)25-14-17-10-18(15-25)12-19(11-17)16-25/h4-9,13,17-19H,10-12,14-16H2,1-3H3. The van der Waals surface area contributed by atoms with Gasteiger partial charge in [-0.1, -0.05) is 39.0 Å². The van der Waals surface area contributed by atoms with E-state index >= 15 is 0 Å². The minimum Gasteiger partial charge on any atom is -0.265 e. The molecule has 1 aromatic carbocycles. The van der Waals surface area contributed by atoms with E-state index in [1.807, 2.05) is 12.4 Å². The molecule has 1 heterocycles. The summed E-state index contributed by atoms with van der Waals surface area (Å²) in [5.74, 6) is 2.98.